The summed E-state index contributed by atoms with van der Waals surface area (Å²) in [5.74, 6) is -0.191. The summed E-state index contributed by atoms with van der Waals surface area (Å²) in [6.45, 7) is 1.76. The molecule has 0 radical (unpaired) electrons. The largest absolute Gasteiger partial charge is 0.347 e. The zero-order valence-electron chi connectivity index (χ0n) is 11.2. The Labute approximate surface area is 124 Å². The first kappa shape index (κ1) is 16.5. The summed E-state index contributed by atoms with van der Waals surface area (Å²) in [6, 6.07) is 9.21. The summed E-state index contributed by atoms with van der Waals surface area (Å²) < 4.78 is 0. The molecule has 1 saturated heterocycles. The van der Waals surface area contributed by atoms with Crippen molar-refractivity contribution in [3.8, 4) is 0 Å². The van der Waals surface area contributed by atoms with E-state index in [1.807, 2.05) is 30.3 Å². The van der Waals surface area contributed by atoms with Crippen molar-refractivity contribution in [3.63, 3.8) is 0 Å². The molecule has 0 spiro atoms. The lowest BCUT2D eigenvalue weighted by Crippen LogP contribution is -2.41. The first-order valence-corrected chi connectivity index (χ1v) is 6.59. The summed E-state index contributed by atoms with van der Waals surface area (Å²) in [4.78, 5) is 23.5. The van der Waals surface area contributed by atoms with E-state index < -0.39 is 0 Å². The number of carbonyl (C=O) groups is 2. The Kier molecular flexibility index (Phi) is 7.04. The molecule has 1 aliphatic rings. The van der Waals surface area contributed by atoms with Crippen molar-refractivity contribution >= 4 is 29.9 Å². The summed E-state index contributed by atoms with van der Waals surface area (Å²) >= 11 is 0. The van der Waals surface area contributed by atoms with Gasteiger partial charge >= 0.3 is 0 Å². The molecule has 1 aliphatic heterocycles. The second-order valence-electron chi connectivity index (χ2n) is 4.66. The lowest BCUT2D eigenvalue weighted by atomic mass is 9.97. The van der Waals surface area contributed by atoms with Gasteiger partial charge in [0.15, 0.2) is 0 Å². The summed E-state index contributed by atoms with van der Waals surface area (Å²) in [6.07, 6.45) is 1.68. The Morgan fingerprint density at radius 3 is 2.45 bits per heavy atom. The van der Waals surface area contributed by atoms with Crippen LogP contribution >= 0.6 is 12.4 Å². The predicted molar refractivity (Wildman–Crippen MR) is 80.9 cm³/mol. The molecular formula is C14H20ClN3O2. The molecule has 0 atom stereocenters. The van der Waals surface area contributed by atoms with Crippen molar-refractivity contribution in [2.45, 2.75) is 12.8 Å². The van der Waals surface area contributed by atoms with E-state index in [2.05, 4.69) is 16.0 Å². The molecular weight excluding hydrogens is 278 g/mol. The van der Waals surface area contributed by atoms with Crippen LogP contribution in [0.15, 0.2) is 30.3 Å². The first-order valence-electron chi connectivity index (χ1n) is 6.59. The lowest BCUT2D eigenvalue weighted by Gasteiger charge is -2.21. The number of nitrogens with one attached hydrogen (secondary N) is 3. The van der Waals surface area contributed by atoms with E-state index in [9.17, 15) is 9.59 Å². The Morgan fingerprint density at radius 1 is 1.15 bits per heavy atom. The maximum absolute atomic E-state index is 11.8. The van der Waals surface area contributed by atoms with Gasteiger partial charge in [0.05, 0.1) is 6.54 Å². The van der Waals surface area contributed by atoms with Gasteiger partial charge < -0.3 is 16.0 Å². The van der Waals surface area contributed by atoms with Gasteiger partial charge in [0.1, 0.15) is 0 Å². The number of halogens is 1. The van der Waals surface area contributed by atoms with E-state index >= 15 is 0 Å². The van der Waals surface area contributed by atoms with Gasteiger partial charge in [-0.3, -0.25) is 9.59 Å². The Bertz CT molecular complexity index is 433. The number of amides is 2. The van der Waals surface area contributed by atoms with Gasteiger partial charge in [-0.15, -0.1) is 12.4 Å². The highest BCUT2D eigenvalue weighted by Gasteiger charge is 2.20. The van der Waals surface area contributed by atoms with Crippen LogP contribution in [0.4, 0.5) is 5.69 Å². The Morgan fingerprint density at radius 2 is 1.80 bits per heavy atom. The minimum atomic E-state index is -0.200. The van der Waals surface area contributed by atoms with Crippen LogP contribution in [-0.2, 0) is 9.59 Å². The van der Waals surface area contributed by atoms with Crippen molar-refractivity contribution < 1.29 is 9.59 Å². The second kappa shape index (κ2) is 8.55. The van der Waals surface area contributed by atoms with Gasteiger partial charge in [0, 0.05) is 11.6 Å². The molecule has 2 rings (SSSR count). The molecule has 1 fully saturated rings. The maximum Gasteiger partial charge on any atom is 0.243 e. The van der Waals surface area contributed by atoms with Crippen molar-refractivity contribution in [1.29, 1.82) is 0 Å². The average molecular weight is 298 g/mol. The van der Waals surface area contributed by atoms with Crippen LogP contribution in [0.2, 0.25) is 0 Å². The number of para-hydroxylation sites is 1. The van der Waals surface area contributed by atoms with Gasteiger partial charge in [-0.25, -0.2) is 0 Å². The minimum Gasteiger partial charge on any atom is -0.347 e. The highest BCUT2D eigenvalue weighted by atomic mass is 35.5. The zero-order valence-corrected chi connectivity index (χ0v) is 12.0. The number of benzene rings is 1. The third-order valence-corrected chi connectivity index (χ3v) is 3.19. The molecule has 1 aromatic carbocycles. The SMILES string of the molecule is Cl.O=C(CNC(=O)C1CCNCC1)Nc1ccccc1. The Hall–Kier alpha value is -1.59. The third kappa shape index (κ3) is 5.19. The second-order valence-corrected chi connectivity index (χ2v) is 4.66. The number of rotatable bonds is 4. The smallest absolute Gasteiger partial charge is 0.243 e. The van der Waals surface area contributed by atoms with Crippen LogP contribution < -0.4 is 16.0 Å². The van der Waals surface area contributed by atoms with Crippen molar-refractivity contribution in [3.05, 3.63) is 30.3 Å². The third-order valence-electron chi connectivity index (χ3n) is 3.19. The standard InChI is InChI=1S/C14H19N3O2.ClH/c18-13(17-12-4-2-1-3-5-12)10-16-14(19)11-6-8-15-9-7-11;/h1-5,11,15H,6-10H2,(H,16,19)(H,17,18);1H. The van der Waals surface area contributed by atoms with Gasteiger partial charge in [-0.1, -0.05) is 18.2 Å². The van der Waals surface area contributed by atoms with E-state index in [0.29, 0.717) is 0 Å². The first-order chi connectivity index (χ1) is 9.25. The molecule has 110 valence electrons. The van der Waals surface area contributed by atoms with Crippen molar-refractivity contribution in [2.24, 2.45) is 5.92 Å². The van der Waals surface area contributed by atoms with Crippen LogP contribution in [0.1, 0.15) is 12.8 Å². The van der Waals surface area contributed by atoms with Crippen molar-refractivity contribution in [1.82, 2.24) is 10.6 Å². The van der Waals surface area contributed by atoms with Crippen LogP contribution in [0.3, 0.4) is 0 Å². The van der Waals surface area contributed by atoms with E-state index in [0.717, 1.165) is 31.6 Å². The molecule has 20 heavy (non-hydrogen) atoms. The van der Waals surface area contributed by atoms with E-state index in [-0.39, 0.29) is 36.7 Å². The maximum atomic E-state index is 11.8. The highest BCUT2D eigenvalue weighted by Crippen LogP contribution is 2.11. The van der Waals surface area contributed by atoms with Crippen molar-refractivity contribution in [2.75, 3.05) is 25.0 Å². The summed E-state index contributed by atoms with van der Waals surface area (Å²) in [5, 5.41) is 8.64. The number of hydrogen-bond donors (Lipinski definition) is 3. The molecule has 5 nitrogen and oxygen atoms in total. The summed E-state index contributed by atoms with van der Waals surface area (Å²) in [5.41, 5.74) is 0.739. The zero-order chi connectivity index (χ0) is 13.5. The molecule has 6 heteroatoms. The van der Waals surface area contributed by atoms with Gasteiger partial charge in [-0.05, 0) is 38.1 Å². The normalized spacial score (nSPS) is 15.0. The number of hydrogen-bond acceptors (Lipinski definition) is 3. The summed E-state index contributed by atoms with van der Waals surface area (Å²) in [7, 11) is 0. The molecule has 0 aliphatic carbocycles. The molecule has 1 aromatic rings. The van der Waals surface area contributed by atoms with Crippen LogP contribution in [0.25, 0.3) is 0 Å². The molecule has 3 N–H and O–H groups in total. The molecule has 0 unspecified atom stereocenters. The number of carbonyl (C=O) groups excluding carboxylic acids is 2. The van der Waals surface area contributed by atoms with Crippen LogP contribution in [0, 0.1) is 5.92 Å². The average Bonchev–Trinajstić information content (AvgIpc) is 2.47. The molecule has 0 bridgehead atoms. The number of anilines is 1. The molecule has 0 saturated carbocycles. The van der Waals surface area contributed by atoms with E-state index in [1.54, 1.807) is 0 Å². The monoisotopic (exact) mass is 297 g/mol. The molecule has 0 aromatic heterocycles. The molecule has 1 heterocycles. The highest BCUT2D eigenvalue weighted by molar-refractivity contribution is 5.94. The van der Waals surface area contributed by atoms with Gasteiger partial charge in [-0.2, -0.15) is 0 Å². The number of piperidine rings is 1. The lowest BCUT2D eigenvalue weighted by molar-refractivity contribution is -0.127. The van der Waals surface area contributed by atoms with Crippen LogP contribution in [0.5, 0.6) is 0 Å². The topological polar surface area (TPSA) is 70.2 Å². The Balaban J connectivity index is 0.00000200. The molecule has 2 amide bonds. The van der Waals surface area contributed by atoms with Gasteiger partial charge in [0.25, 0.3) is 0 Å². The van der Waals surface area contributed by atoms with Gasteiger partial charge in [0.2, 0.25) is 11.8 Å². The minimum absolute atomic E-state index is 0. The fourth-order valence-corrected chi connectivity index (χ4v) is 2.12. The predicted octanol–water partition coefficient (Wildman–Crippen LogP) is 1.16. The fraction of sp³-hybridized carbons (Fsp3) is 0.429. The van der Waals surface area contributed by atoms with E-state index in [4.69, 9.17) is 0 Å². The fourth-order valence-electron chi connectivity index (χ4n) is 2.12. The van der Waals surface area contributed by atoms with E-state index in [1.165, 1.54) is 0 Å². The van der Waals surface area contributed by atoms with Crippen LogP contribution in [-0.4, -0.2) is 31.4 Å². The quantitative estimate of drug-likeness (QED) is 0.781.